The zero-order chi connectivity index (χ0) is 28.4. The van der Waals surface area contributed by atoms with E-state index in [0.717, 1.165) is 30.6 Å². The summed E-state index contributed by atoms with van der Waals surface area (Å²) >= 11 is 0. The maximum absolute atomic E-state index is 15.7. The number of fused-ring (bicyclic) bond motifs is 1. The van der Waals surface area contributed by atoms with Gasteiger partial charge < -0.3 is 15.3 Å². The Morgan fingerprint density at radius 1 is 0.975 bits per heavy atom. The van der Waals surface area contributed by atoms with Crippen molar-refractivity contribution in [1.82, 2.24) is 5.32 Å². The molecule has 0 unspecified atom stereocenters. The normalized spacial score (nSPS) is 13.4. The largest absolute Gasteiger partial charge is 0.478 e. The van der Waals surface area contributed by atoms with Gasteiger partial charge in [-0.3, -0.25) is 4.79 Å². The molecule has 1 aliphatic rings. The second-order valence-electron chi connectivity index (χ2n) is 10.2. The Hall–Kier alpha value is -4.52. The minimum atomic E-state index is -1.11. The molecular formula is C33H30F2N2O3. The van der Waals surface area contributed by atoms with Gasteiger partial charge in [0.15, 0.2) is 0 Å². The average molecular weight is 541 g/mol. The van der Waals surface area contributed by atoms with E-state index < -0.39 is 11.8 Å². The number of hydrogen-bond donors (Lipinski definition) is 2. The monoisotopic (exact) mass is 540 g/mol. The van der Waals surface area contributed by atoms with Crippen LogP contribution in [0.1, 0.15) is 62.4 Å². The van der Waals surface area contributed by atoms with Gasteiger partial charge in [-0.2, -0.15) is 0 Å². The van der Waals surface area contributed by atoms with Crippen molar-refractivity contribution in [3.8, 4) is 11.1 Å². The molecule has 204 valence electrons. The molecule has 1 amide bonds. The van der Waals surface area contributed by atoms with Gasteiger partial charge in [-0.25, -0.2) is 13.6 Å². The maximum Gasteiger partial charge on any atom is 0.336 e. The third-order valence-electron chi connectivity index (χ3n) is 7.49. The topological polar surface area (TPSA) is 69.6 Å². The number of aryl methyl sites for hydroxylation is 2. The fraction of sp³-hybridized carbons (Fsp3) is 0.212. The summed E-state index contributed by atoms with van der Waals surface area (Å²) in [6, 6.07) is 21.6. The van der Waals surface area contributed by atoms with Gasteiger partial charge in [0.25, 0.3) is 5.91 Å². The highest BCUT2D eigenvalue weighted by Crippen LogP contribution is 2.33. The lowest BCUT2D eigenvalue weighted by atomic mass is 9.95. The molecule has 5 nitrogen and oxygen atoms in total. The summed E-state index contributed by atoms with van der Waals surface area (Å²) in [5, 5.41) is 12.5. The molecule has 0 spiro atoms. The fourth-order valence-electron chi connectivity index (χ4n) is 5.24. The zero-order valence-electron chi connectivity index (χ0n) is 22.4. The lowest BCUT2D eigenvalue weighted by molar-refractivity contribution is 0.0697. The summed E-state index contributed by atoms with van der Waals surface area (Å²) in [6.45, 7) is 4.55. The van der Waals surface area contributed by atoms with Crippen molar-refractivity contribution < 1.29 is 23.5 Å². The maximum atomic E-state index is 15.7. The number of hydrogen-bond acceptors (Lipinski definition) is 3. The second kappa shape index (κ2) is 11.3. The Balaban J connectivity index is 1.36. The Morgan fingerprint density at radius 3 is 2.52 bits per heavy atom. The van der Waals surface area contributed by atoms with E-state index in [4.69, 9.17) is 0 Å². The number of aromatic carboxylic acids is 1. The molecule has 7 heteroatoms. The van der Waals surface area contributed by atoms with Crippen molar-refractivity contribution in [2.24, 2.45) is 0 Å². The SMILES string of the molecule is Cc1ccc([C@H](C)NC(=O)c2ccc3c(c2)CCCN3Cc2cccc(-c3ccccc3C(=O)O)c2F)cc1F. The standard InChI is InChI=1S/C33H30F2N2O3/c1-20-12-13-22(18-29(20)34)21(2)36-32(38)24-14-15-30-23(17-24)8-6-16-37(30)19-25-7-5-11-27(31(25)35)26-9-3-4-10-28(26)33(39)40/h3-5,7,9-15,17-18,21H,6,8,16,19H2,1-2H3,(H,36,38)(H,39,40)/t21-/m0/s1. The highest BCUT2D eigenvalue weighted by atomic mass is 19.1. The molecule has 1 atom stereocenters. The molecule has 0 aliphatic carbocycles. The third kappa shape index (κ3) is 5.45. The lowest BCUT2D eigenvalue weighted by Crippen LogP contribution is -2.30. The molecule has 4 aromatic rings. The molecule has 5 rings (SSSR count). The number of carboxylic acid groups (broad SMARTS) is 1. The summed E-state index contributed by atoms with van der Waals surface area (Å²) < 4.78 is 29.7. The summed E-state index contributed by atoms with van der Waals surface area (Å²) in [6.07, 6.45) is 1.64. The molecule has 2 N–H and O–H groups in total. The van der Waals surface area contributed by atoms with Crippen LogP contribution in [0.25, 0.3) is 11.1 Å². The molecular weight excluding hydrogens is 510 g/mol. The smallest absolute Gasteiger partial charge is 0.336 e. The number of halogens is 2. The number of anilines is 1. The minimum absolute atomic E-state index is 0.0505. The van der Waals surface area contributed by atoms with Gasteiger partial charge in [0.2, 0.25) is 0 Å². The van der Waals surface area contributed by atoms with Crippen LogP contribution in [-0.4, -0.2) is 23.5 Å². The second-order valence-corrected chi connectivity index (χ2v) is 10.2. The molecule has 0 fully saturated rings. The van der Waals surface area contributed by atoms with Crippen molar-refractivity contribution in [3.05, 3.63) is 124 Å². The number of nitrogens with one attached hydrogen (secondary N) is 1. The Labute approximate surface area is 232 Å². The number of amides is 1. The lowest BCUT2D eigenvalue weighted by Gasteiger charge is -2.32. The average Bonchev–Trinajstić information content (AvgIpc) is 2.95. The number of carbonyl (C=O) groups excluding carboxylic acids is 1. The number of nitrogens with zero attached hydrogens (tertiary/aromatic N) is 1. The van der Waals surface area contributed by atoms with E-state index in [-0.39, 0.29) is 28.9 Å². The van der Waals surface area contributed by atoms with Gasteiger partial charge in [-0.05, 0) is 79.3 Å². The first-order valence-electron chi connectivity index (χ1n) is 13.3. The molecule has 1 aliphatic heterocycles. The van der Waals surface area contributed by atoms with E-state index in [0.29, 0.717) is 34.4 Å². The molecule has 0 saturated carbocycles. The fourth-order valence-corrected chi connectivity index (χ4v) is 5.24. The summed E-state index contributed by atoms with van der Waals surface area (Å²) in [7, 11) is 0. The first-order valence-corrected chi connectivity index (χ1v) is 13.3. The molecule has 0 radical (unpaired) electrons. The van der Waals surface area contributed by atoms with E-state index in [1.54, 1.807) is 55.5 Å². The zero-order valence-corrected chi connectivity index (χ0v) is 22.4. The van der Waals surface area contributed by atoms with E-state index >= 15 is 4.39 Å². The Morgan fingerprint density at radius 2 is 1.75 bits per heavy atom. The van der Waals surface area contributed by atoms with Crippen LogP contribution >= 0.6 is 0 Å². The predicted octanol–water partition coefficient (Wildman–Crippen LogP) is 7.08. The number of carboxylic acids is 1. The van der Waals surface area contributed by atoms with E-state index in [2.05, 4.69) is 10.2 Å². The number of rotatable bonds is 7. The van der Waals surface area contributed by atoms with Crippen LogP contribution in [0, 0.1) is 18.6 Å². The van der Waals surface area contributed by atoms with Crippen LogP contribution in [-0.2, 0) is 13.0 Å². The summed E-state index contributed by atoms with van der Waals surface area (Å²) in [5.41, 5.74) is 4.80. The van der Waals surface area contributed by atoms with Crippen LogP contribution in [0.5, 0.6) is 0 Å². The van der Waals surface area contributed by atoms with Gasteiger partial charge in [0, 0.05) is 35.5 Å². The predicted molar refractivity (Wildman–Crippen MR) is 152 cm³/mol. The quantitative estimate of drug-likeness (QED) is 0.263. The van der Waals surface area contributed by atoms with E-state index in [1.807, 2.05) is 25.1 Å². The van der Waals surface area contributed by atoms with Crippen LogP contribution in [0.3, 0.4) is 0 Å². The molecule has 0 saturated heterocycles. The van der Waals surface area contributed by atoms with Gasteiger partial charge in [0.1, 0.15) is 11.6 Å². The van der Waals surface area contributed by atoms with Crippen molar-refractivity contribution in [2.75, 3.05) is 11.4 Å². The molecule has 40 heavy (non-hydrogen) atoms. The first-order chi connectivity index (χ1) is 19.2. The van der Waals surface area contributed by atoms with Crippen molar-refractivity contribution >= 4 is 17.6 Å². The van der Waals surface area contributed by atoms with Gasteiger partial charge in [0.05, 0.1) is 11.6 Å². The highest BCUT2D eigenvalue weighted by Gasteiger charge is 2.22. The summed E-state index contributed by atoms with van der Waals surface area (Å²) in [4.78, 5) is 26.8. The third-order valence-corrected chi connectivity index (χ3v) is 7.49. The van der Waals surface area contributed by atoms with Gasteiger partial charge in [-0.15, -0.1) is 0 Å². The minimum Gasteiger partial charge on any atom is -0.478 e. The van der Waals surface area contributed by atoms with E-state index in [9.17, 15) is 19.1 Å². The van der Waals surface area contributed by atoms with Crippen LogP contribution in [0.15, 0.2) is 78.9 Å². The van der Waals surface area contributed by atoms with Crippen LogP contribution < -0.4 is 10.2 Å². The molecule has 0 bridgehead atoms. The first kappa shape index (κ1) is 27.1. The van der Waals surface area contributed by atoms with Crippen molar-refractivity contribution in [3.63, 3.8) is 0 Å². The molecule has 0 aromatic heterocycles. The van der Waals surface area contributed by atoms with E-state index in [1.165, 1.54) is 12.1 Å². The van der Waals surface area contributed by atoms with Gasteiger partial charge >= 0.3 is 5.97 Å². The highest BCUT2D eigenvalue weighted by molar-refractivity contribution is 5.96. The molecule has 4 aromatic carbocycles. The number of benzene rings is 4. The van der Waals surface area contributed by atoms with Crippen molar-refractivity contribution in [2.45, 2.75) is 39.3 Å². The molecule has 1 heterocycles. The Bertz CT molecular complexity index is 1600. The van der Waals surface area contributed by atoms with Crippen LogP contribution in [0.4, 0.5) is 14.5 Å². The van der Waals surface area contributed by atoms with Crippen LogP contribution in [0.2, 0.25) is 0 Å². The Kier molecular flexibility index (Phi) is 7.65. The van der Waals surface area contributed by atoms with Gasteiger partial charge in [-0.1, -0.05) is 48.5 Å². The number of carbonyl (C=O) groups is 2. The van der Waals surface area contributed by atoms with Crippen molar-refractivity contribution in [1.29, 1.82) is 0 Å². The summed E-state index contributed by atoms with van der Waals surface area (Å²) in [5.74, 6) is -2.10.